The van der Waals surface area contributed by atoms with E-state index >= 15 is 0 Å². The van der Waals surface area contributed by atoms with E-state index in [0.29, 0.717) is 18.2 Å². The number of carbonyl (C=O) groups excluding carboxylic acids is 1. The van der Waals surface area contributed by atoms with Crippen molar-refractivity contribution < 1.29 is 9.53 Å². The quantitative estimate of drug-likeness (QED) is 0.560. The van der Waals surface area contributed by atoms with Gasteiger partial charge in [-0.15, -0.1) is 0 Å². The van der Waals surface area contributed by atoms with Gasteiger partial charge in [0.2, 0.25) is 5.91 Å². The van der Waals surface area contributed by atoms with E-state index in [1.807, 2.05) is 38.1 Å². The SMILES string of the molecule is Cc1ccc(Oc2nccnc2N2CCCC(C(=O)NC(C)c3ccc(C)cc3C)C2)cc1. The Labute approximate surface area is 196 Å². The van der Waals surface area contributed by atoms with E-state index in [9.17, 15) is 4.79 Å². The van der Waals surface area contributed by atoms with Crippen molar-refractivity contribution in [1.29, 1.82) is 0 Å². The molecule has 2 unspecified atom stereocenters. The van der Waals surface area contributed by atoms with Crippen LogP contribution in [-0.2, 0) is 4.79 Å². The normalized spacial score (nSPS) is 16.8. The number of rotatable bonds is 6. The zero-order chi connectivity index (χ0) is 23.4. The van der Waals surface area contributed by atoms with Gasteiger partial charge in [0.25, 0.3) is 5.88 Å². The van der Waals surface area contributed by atoms with E-state index in [-0.39, 0.29) is 17.9 Å². The fourth-order valence-electron chi connectivity index (χ4n) is 4.43. The molecule has 1 aromatic heterocycles. The number of piperidine rings is 1. The summed E-state index contributed by atoms with van der Waals surface area (Å²) in [7, 11) is 0. The van der Waals surface area contributed by atoms with Gasteiger partial charge in [-0.3, -0.25) is 4.79 Å². The first-order valence-electron chi connectivity index (χ1n) is 11.6. The summed E-state index contributed by atoms with van der Waals surface area (Å²) in [4.78, 5) is 24.2. The van der Waals surface area contributed by atoms with Crippen LogP contribution >= 0.6 is 0 Å². The average molecular weight is 445 g/mol. The minimum absolute atomic E-state index is 0.0366. The minimum atomic E-state index is -0.110. The summed E-state index contributed by atoms with van der Waals surface area (Å²) in [6, 6.07) is 14.2. The van der Waals surface area contributed by atoms with Crippen molar-refractivity contribution in [3.8, 4) is 11.6 Å². The largest absolute Gasteiger partial charge is 0.436 e. The van der Waals surface area contributed by atoms with Crippen molar-refractivity contribution in [2.24, 2.45) is 5.92 Å². The van der Waals surface area contributed by atoms with Crippen LogP contribution in [0.1, 0.15) is 48.1 Å². The smallest absolute Gasteiger partial charge is 0.263 e. The molecule has 6 nitrogen and oxygen atoms in total. The van der Waals surface area contributed by atoms with Gasteiger partial charge >= 0.3 is 0 Å². The summed E-state index contributed by atoms with van der Waals surface area (Å²) in [5, 5.41) is 3.23. The lowest BCUT2D eigenvalue weighted by Gasteiger charge is -2.33. The fraction of sp³-hybridized carbons (Fsp3) is 0.370. The molecule has 1 fully saturated rings. The van der Waals surface area contributed by atoms with E-state index in [4.69, 9.17) is 4.74 Å². The van der Waals surface area contributed by atoms with Crippen molar-refractivity contribution in [3.63, 3.8) is 0 Å². The molecular formula is C27H32N4O2. The molecule has 172 valence electrons. The lowest BCUT2D eigenvalue weighted by atomic mass is 9.95. The molecule has 1 N–H and O–H groups in total. The number of nitrogens with zero attached hydrogens (tertiary/aromatic N) is 3. The fourth-order valence-corrected chi connectivity index (χ4v) is 4.43. The maximum absolute atomic E-state index is 13.1. The highest BCUT2D eigenvalue weighted by molar-refractivity contribution is 5.80. The molecule has 0 aliphatic carbocycles. The first-order valence-corrected chi connectivity index (χ1v) is 11.6. The van der Waals surface area contributed by atoms with Crippen LogP contribution in [0.4, 0.5) is 5.82 Å². The highest BCUT2D eigenvalue weighted by Gasteiger charge is 2.29. The number of hydrogen-bond acceptors (Lipinski definition) is 5. The van der Waals surface area contributed by atoms with Crippen LogP contribution in [0.15, 0.2) is 54.9 Å². The Morgan fingerprint density at radius 3 is 2.55 bits per heavy atom. The number of benzene rings is 2. The predicted octanol–water partition coefficient (Wildman–Crippen LogP) is 5.29. The zero-order valence-electron chi connectivity index (χ0n) is 19.8. The van der Waals surface area contributed by atoms with Gasteiger partial charge in [-0.25, -0.2) is 9.97 Å². The maximum atomic E-state index is 13.1. The second-order valence-corrected chi connectivity index (χ2v) is 8.98. The number of ether oxygens (including phenoxy) is 1. The third kappa shape index (κ3) is 5.51. The third-order valence-electron chi connectivity index (χ3n) is 6.22. The molecule has 1 saturated heterocycles. The molecule has 1 amide bonds. The molecule has 3 aromatic rings. The predicted molar refractivity (Wildman–Crippen MR) is 131 cm³/mol. The Morgan fingerprint density at radius 1 is 1.06 bits per heavy atom. The average Bonchev–Trinajstić information content (AvgIpc) is 2.81. The van der Waals surface area contributed by atoms with Crippen LogP contribution < -0.4 is 15.0 Å². The molecule has 6 heteroatoms. The van der Waals surface area contributed by atoms with Gasteiger partial charge in [0.05, 0.1) is 12.0 Å². The Kier molecular flexibility index (Phi) is 6.92. The first kappa shape index (κ1) is 22.8. The minimum Gasteiger partial charge on any atom is -0.436 e. The van der Waals surface area contributed by atoms with Crippen molar-refractivity contribution in [2.75, 3.05) is 18.0 Å². The maximum Gasteiger partial charge on any atom is 0.263 e. The number of amides is 1. The molecule has 0 spiro atoms. The number of aryl methyl sites for hydroxylation is 3. The Bertz CT molecular complexity index is 1110. The van der Waals surface area contributed by atoms with Gasteiger partial charge in [0.15, 0.2) is 5.82 Å². The summed E-state index contributed by atoms with van der Waals surface area (Å²) >= 11 is 0. The standard InChI is InChI=1S/C27H32N4O2/c1-18-7-10-23(11-8-18)33-27-25(28-13-14-29-27)31-15-5-6-22(17-31)26(32)30-21(4)24-12-9-19(2)16-20(24)3/h7-14,16,21-22H,5-6,15,17H2,1-4H3,(H,30,32). The van der Waals surface area contributed by atoms with Gasteiger partial charge in [-0.1, -0.05) is 41.5 Å². The Hall–Kier alpha value is -3.41. The van der Waals surface area contributed by atoms with Crippen LogP contribution in [0.3, 0.4) is 0 Å². The molecule has 0 radical (unpaired) electrons. The molecule has 2 atom stereocenters. The molecule has 1 aliphatic heterocycles. The molecule has 2 aromatic carbocycles. The number of nitrogens with one attached hydrogen (secondary N) is 1. The van der Waals surface area contributed by atoms with E-state index in [1.165, 1.54) is 16.7 Å². The summed E-state index contributed by atoms with van der Waals surface area (Å²) in [6.07, 6.45) is 5.07. The molecule has 4 rings (SSSR count). The molecule has 33 heavy (non-hydrogen) atoms. The topological polar surface area (TPSA) is 67.4 Å². The van der Waals surface area contributed by atoms with Crippen LogP contribution in [0.2, 0.25) is 0 Å². The van der Waals surface area contributed by atoms with E-state index in [0.717, 1.165) is 30.7 Å². The zero-order valence-corrected chi connectivity index (χ0v) is 19.8. The number of hydrogen-bond donors (Lipinski definition) is 1. The second kappa shape index (κ2) is 10.0. The lowest BCUT2D eigenvalue weighted by molar-refractivity contribution is -0.125. The first-order chi connectivity index (χ1) is 15.9. The van der Waals surface area contributed by atoms with E-state index in [1.54, 1.807) is 12.4 Å². The van der Waals surface area contributed by atoms with Gasteiger partial charge in [0, 0.05) is 25.5 Å². The Balaban J connectivity index is 1.45. The molecule has 0 saturated carbocycles. The van der Waals surface area contributed by atoms with Gasteiger partial charge < -0.3 is 15.0 Å². The van der Waals surface area contributed by atoms with Gasteiger partial charge in [-0.05, 0) is 63.8 Å². The van der Waals surface area contributed by atoms with E-state index in [2.05, 4.69) is 52.2 Å². The van der Waals surface area contributed by atoms with Crippen LogP contribution in [0.5, 0.6) is 11.6 Å². The highest BCUT2D eigenvalue weighted by Crippen LogP contribution is 2.31. The van der Waals surface area contributed by atoms with Crippen LogP contribution in [0.25, 0.3) is 0 Å². The van der Waals surface area contributed by atoms with Crippen LogP contribution in [0, 0.1) is 26.7 Å². The highest BCUT2D eigenvalue weighted by atomic mass is 16.5. The number of carbonyl (C=O) groups is 1. The number of aromatic nitrogens is 2. The molecule has 2 heterocycles. The monoisotopic (exact) mass is 444 g/mol. The number of anilines is 1. The van der Waals surface area contributed by atoms with Crippen molar-refractivity contribution in [1.82, 2.24) is 15.3 Å². The van der Waals surface area contributed by atoms with Gasteiger partial charge in [0.1, 0.15) is 5.75 Å². The molecule has 0 bridgehead atoms. The van der Waals surface area contributed by atoms with Crippen molar-refractivity contribution in [3.05, 3.63) is 77.1 Å². The molecule has 1 aliphatic rings. The summed E-state index contributed by atoms with van der Waals surface area (Å²) in [5.41, 5.74) is 4.75. The molecular weight excluding hydrogens is 412 g/mol. The Morgan fingerprint density at radius 2 is 1.79 bits per heavy atom. The third-order valence-corrected chi connectivity index (χ3v) is 6.22. The van der Waals surface area contributed by atoms with Crippen molar-refractivity contribution >= 4 is 11.7 Å². The second-order valence-electron chi connectivity index (χ2n) is 8.98. The van der Waals surface area contributed by atoms with Crippen LogP contribution in [-0.4, -0.2) is 29.0 Å². The lowest BCUT2D eigenvalue weighted by Crippen LogP contribution is -2.44. The van der Waals surface area contributed by atoms with E-state index < -0.39 is 0 Å². The summed E-state index contributed by atoms with van der Waals surface area (Å²) in [5.74, 6) is 1.83. The summed E-state index contributed by atoms with van der Waals surface area (Å²) < 4.78 is 6.04. The summed E-state index contributed by atoms with van der Waals surface area (Å²) in [6.45, 7) is 9.68. The van der Waals surface area contributed by atoms with Crippen molar-refractivity contribution in [2.45, 2.75) is 46.6 Å². The van der Waals surface area contributed by atoms with Gasteiger partial charge in [-0.2, -0.15) is 0 Å².